The van der Waals surface area contributed by atoms with Gasteiger partial charge in [-0.15, -0.1) is 0 Å². The molecule has 1 fully saturated rings. The van der Waals surface area contributed by atoms with Crippen LogP contribution in [0.25, 0.3) is 0 Å². The zero-order valence-corrected chi connectivity index (χ0v) is 15.8. The van der Waals surface area contributed by atoms with Gasteiger partial charge in [0.25, 0.3) is 5.91 Å². The molecule has 1 N–H and O–H groups in total. The number of benzene rings is 2. The van der Waals surface area contributed by atoms with Crippen LogP contribution in [0.15, 0.2) is 54.6 Å². The largest absolute Gasteiger partial charge is 0.481 e. The average molecular weight is 373 g/mol. The van der Waals surface area contributed by atoms with Crippen molar-refractivity contribution in [3.05, 3.63) is 65.2 Å². The Labute approximate surface area is 160 Å². The van der Waals surface area contributed by atoms with Gasteiger partial charge in [-0.05, 0) is 56.1 Å². The summed E-state index contributed by atoms with van der Waals surface area (Å²) in [6.45, 7) is 4.02. The zero-order valence-electron chi connectivity index (χ0n) is 15.0. The van der Waals surface area contributed by atoms with Crippen LogP contribution in [0.5, 0.6) is 5.75 Å². The molecule has 1 aliphatic heterocycles. The van der Waals surface area contributed by atoms with E-state index in [9.17, 15) is 4.79 Å². The number of rotatable bonds is 7. The molecule has 2 atom stereocenters. The summed E-state index contributed by atoms with van der Waals surface area (Å²) in [6, 6.07) is 17.5. The van der Waals surface area contributed by atoms with Crippen molar-refractivity contribution < 1.29 is 9.53 Å². The van der Waals surface area contributed by atoms with Gasteiger partial charge in [0.05, 0.1) is 0 Å². The van der Waals surface area contributed by atoms with Crippen LogP contribution < -0.4 is 10.1 Å². The zero-order chi connectivity index (χ0) is 18.4. The molecule has 0 aromatic heterocycles. The number of halogens is 1. The number of hydrogen-bond donors (Lipinski definition) is 1. The van der Waals surface area contributed by atoms with Gasteiger partial charge in [0.1, 0.15) is 5.75 Å². The molecule has 3 rings (SSSR count). The van der Waals surface area contributed by atoms with Crippen LogP contribution in [0.1, 0.15) is 25.3 Å². The molecule has 26 heavy (non-hydrogen) atoms. The number of ether oxygens (including phenoxy) is 1. The van der Waals surface area contributed by atoms with Crippen molar-refractivity contribution in [3.63, 3.8) is 0 Å². The van der Waals surface area contributed by atoms with E-state index in [2.05, 4.69) is 5.32 Å². The lowest BCUT2D eigenvalue weighted by atomic mass is 10.1. The fourth-order valence-electron chi connectivity index (χ4n) is 3.28. The summed E-state index contributed by atoms with van der Waals surface area (Å²) in [5.41, 5.74) is 1.02. The minimum atomic E-state index is -0.544. The lowest BCUT2D eigenvalue weighted by Gasteiger charge is -2.29. The molecule has 0 radical (unpaired) electrons. The van der Waals surface area contributed by atoms with E-state index in [1.54, 1.807) is 0 Å². The Kier molecular flexibility index (Phi) is 6.53. The van der Waals surface area contributed by atoms with E-state index in [0.29, 0.717) is 29.9 Å². The first-order valence-electron chi connectivity index (χ1n) is 9.10. The summed E-state index contributed by atoms with van der Waals surface area (Å²) in [7, 11) is 0. The van der Waals surface area contributed by atoms with Gasteiger partial charge in [0.15, 0.2) is 6.10 Å². The Hall–Kier alpha value is -2.04. The summed E-state index contributed by atoms with van der Waals surface area (Å²) in [5.74, 6) is 0.692. The predicted octanol–water partition coefficient (Wildman–Crippen LogP) is 3.89. The second kappa shape index (κ2) is 9.06. The van der Waals surface area contributed by atoms with E-state index in [-0.39, 0.29) is 5.91 Å². The number of carbonyl (C=O) groups excluding carboxylic acids is 1. The monoisotopic (exact) mass is 372 g/mol. The van der Waals surface area contributed by atoms with Crippen LogP contribution in [-0.2, 0) is 11.3 Å². The Bertz CT molecular complexity index is 717. The molecule has 5 heteroatoms. The number of hydrogen-bond acceptors (Lipinski definition) is 3. The van der Waals surface area contributed by atoms with Crippen molar-refractivity contribution in [3.8, 4) is 5.75 Å². The van der Waals surface area contributed by atoms with Gasteiger partial charge in [-0.2, -0.15) is 0 Å². The number of para-hydroxylation sites is 1. The molecule has 2 aromatic rings. The summed E-state index contributed by atoms with van der Waals surface area (Å²) < 4.78 is 5.85. The van der Waals surface area contributed by atoms with Gasteiger partial charge in [-0.1, -0.05) is 41.9 Å². The topological polar surface area (TPSA) is 41.6 Å². The molecule has 4 nitrogen and oxygen atoms in total. The standard InChI is InChI=1S/C21H25ClN2O2/c1-16(26-20-10-3-2-4-11-20)21(25)24(15-19-9-6-12-23-19)14-17-7-5-8-18(22)13-17/h2-5,7-8,10-11,13,16,19,23H,6,9,12,14-15H2,1H3/t16?,19-/m1/s1. The maximum absolute atomic E-state index is 13.1. The first-order valence-corrected chi connectivity index (χ1v) is 9.48. The number of amides is 1. The summed E-state index contributed by atoms with van der Waals surface area (Å²) in [6.07, 6.45) is 1.70. The quantitative estimate of drug-likeness (QED) is 0.801. The highest BCUT2D eigenvalue weighted by molar-refractivity contribution is 6.30. The molecule has 138 valence electrons. The SMILES string of the molecule is CC(Oc1ccccc1)C(=O)N(Cc1cccc(Cl)c1)C[C@H]1CCCN1. The predicted molar refractivity (Wildman–Crippen MR) is 104 cm³/mol. The van der Waals surface area contributed by atoms with E-state index in [0.717, 1.165) is 24.9 Å². The second-order valence-electron chi connectivity index (χ2n) is 6.72. The van der Waals surface area contributed by atoms with E-state index >= 15 is 0 Å². The van der Waals surface area contributed by atoms with Crippen molar-refractivity contribution in [1.82, 2.24) is 10.2 Å². The molecule has 1 amide bonds. The normalized spacial score (nSPS) is 17.7. The lowest BCUT2D eigenvalue weighted by Crippen LogP contribution is -2.45. The number of carbonyl (C=O) groups is 1. The molecular weight excluding hydrogens is 348 g/mol. The highest BCUT2D eigenvalue weighted by Gasteiger charge is 2.26. The Morgan fingerprint density at radius 3 is 2.77 bits per heavy atom. The summed E-state index contributed by atoms with van der Waals surface area (Å²) in [4.78, 5) is 14.9. The third kappa shape index (κ3) is 5.23. The van der Waals surface area contributed by atoms with Gasteiger partial charge in [-0.3, -0.25) is 4.79 Å². The molecule has 1 unspecified atom stereocenters. The average Bonchev–Trinajstić information content (AvgIpc) is 3.14. The van der Waals surface area contributed by atoms with Crippen molar-refractivity contribution in [1.29, 1.82) is 0 Å². The fourth-order valence-corrected chi connectivity index (χ4v) is 3.49. The molecule has 0 bridgehead atoms. The maximum Gasteiger partial charge on any atom is 0.263 e. The minimum Gasteiger partial charge on any atom is -0.481 e. The van der Waals surface area contributed by atoms with Crippen LogP contribution in [0.2, 0.25) is 5.02 Å². The van der Waals surface area contributed by atoms with Gasteiger partial charge < -0.3 is 15.0 Å². The van der Waals surface area contributed by atoms with Crippen LogP contribution in [0.4, 0.5) is 0 Å². The molecule has 0 spiro atoms. The second-order valence-corrected chi connectivity index (χ2v) is 7.15. The molecule has 2 aromatic carbocycles. The Morgan fingerprint density at radius 2 is 2.08 bits per heavy atom. The van der Waals surface area contributed by atoms with Crippen molar-refractivity contribution in [2.75, 3.05) is 13.1 Å². The van der Waals surface area contributed by atoms with Crippen LogP contribution in [0.3, 0.4) is 0 Å². The van der Waals surface area contributed by atoms with Gasteiger partial charge in [-0.25, -0.2) is 0 Å². The van der Waals surface area contributed by atoms with E-state index in [1.807, 2.05) is 66.4 Å². The summed E-state index contributed by atoms with van der Waals surface area (Å²) in [5, 5.41) is 4.15. The fraction of sp³-hybridized carbons (Fsp3) is 0.381. The van der Waals surface area contributed by atoms with Gasteiger partial charge >= 0.3 is 0 Å². The van der Waals surface area contributed by atoms with Crippen molar-refractivity contribution >= 4 is 17.5 Å². The van der Waals surface area contributed by atoms with Gasteiger partial charge in [0.2, 0.25) is 0 Å². The Morgan fingerprint density at radius 1 is 1.27 bits per heavy atom. The molecule has 1 heterocycles. The minimum absolute atomic E-state index is 0.0115. The van der Waals surface area contributed by atoms with E-state index in [4.69, 9.17) is 16.3 Å². The van der Waals surface area contributed by atoms with Crippen molar-refractivity contribution in [2.24, 2.45) is 0 Å². The number of nitrogens with zero attached hydrogens (tertiary/aromatic N) is 1. The van der Waals surface area contributed by atoms with E-state index in [1.165, 1.54) is 0 Å². The molecule has 1 aliphatic rings. The lowest BCUT2D eigenvalue weighted by molar-refractivity contribution is -0.139. The van der Waals surface area contributed by atoms with E-state index < -0.39 is 6.10 Å². The van der Waals surface area contributed by atoms with Crippen molar-refractivity contribution in [2.45, 2.75) is 38.5 Å². The van der Waals surface area contributed by atoms with Gasteiger partial charge in [0, 0.05) is 24.2 Å². The smallest absolute Gasteiger partial charge is 0.263 e. The highest BCUT2D eigenvalue weighted by Crippen LogP contribution is 2.17. The van der Waals surface area contributed by atoms with Crippen LogP contribution in [0, 0.1) is 0 Å². The number of nitrogens with one attached hydrogen (secondary N) is 1. The molecule has 1 saturated heterocycles. The molecular formula is C21H25ClN2O2. The third-order valence-electron chi connectivity index (χ3n) is 4.58. The maximum atomic E-state index is 13.1. The first-order chi connectivity index (χ1) is 12.6. The van der Waals surface area contributed by atoms with Crippen LogP contribution in [-0.4, -0.2) is 36.0 Å². The summed E-state index contributed by atoms with van der Waals surface area (Å²) >= 11 is 6.11. The Balaban J connectivity index is 1.71. The highest BCUT2D eigenvalue weighted by atomic mass is 35.5. The first kappa shape index (κ1) is 18.7. The third-order valence-corrected chi connectivity index (χ3v) is 4.82. The molecule has 0 aliphatic carbocycles. The van der Waals surface area contributed by atoms with Crippen LogP contribution >= 0.6 is 11.6 Å². The molecule has 0 saturated carbocycles.